The molecule has 0 aliphatic rings. The van der Waals surface area contributed by atoms with Gasteiger partial charge in [-0.15, -0.1) is 0 Å². The number of benzene rings is 1. The van der Waals surface area contributed by atoms with E-state index in [0.29, 0.717) is 12.0 Å². The van der Waals surface area contributed by atoms with Gasteiger partial charge in [-0.1, -0.05) is 12.1 Å². The average molecular weight is 241 g/mol. The predicted molar refractivity (Wildman–Crippen MR) is 65.3 cm³/mol. The maximum Gasteiger partial charge on any atom is 0.123 e. The van der Waals surface area contributed by atoms with Crippen LogP contribution < -0.4 is 5.73 Å². The summed E-state index contributed by atoms with van der Waals surface area (Å²) < 4.78 is 18.4. The van der Waals surface area contributed by atoms with Crippen LogP contribution >= 0.6 is 0 Å². The van der Waals surface area contributed by atoms with Gasteiger partial charge in [-0.05, 0) is 31.0 Å². The second-order valence-electron chi connectivity index (χ2n) is 4.40. The highest BCUT2D eigenvalue weighted by Crippen LogP contribution is 2.29. The molecule has 2 unspecified atom stereocenters. The van der Waals surface area contributed by atoms with Gasteiger partial charge in [0.1, 0.15) is 5.82 Å². The lowest BCUT2D eigenvalue weighted by Crippen LogP contribution is -2.41. The molecule has 0 bridgehead atoms. The molecular formula is C13H20FNO2. The van der Waals surface area contributed by atoms with E-state index in [1.165, 1.54) is 12.1 Å². The van der Waals surface area contributed by atoms with Gasteiger partial charge in [-0.25, -0.2) is 4.39 Å². The molecule has 0 saturated heterocycles. The lowest BCUT2D eigenvalue weighted by atomic mass is 9.77. The van der Waals surface area contributed by atoms with Crippen molar-refractivity contribution in [2.24, 2.45) is 5.73 Å². The van der Waals surface area contributed by atoms with Crippen LogP contribution in [0.1, 0.15) is 18.9 Å². The third-order valence-electron chi connectivity index (χ3n) is 3.21. The molecule has 0 spiro atoms. The number of rotatable bonds is 6. The van der Waals surface area contributed by atoms with E-state index in [1.807, 2.05) is 6.92 Å². The van der Waals surface area contributed by atoms with Gasteiger partial charge in [0.05, 0.1) is 12.7 Å². The van der Waals surface area contributed by atoms with Crippen molar-refractivity contribution in [2.75, 3.05) is 20.3 Å². The molecule has 0 fully saturated rings. The standard InChI is InChI=1S/C13H20FNO2/c1-10(17-2)7-13(8-15,9-16)11-4-3-5-12(14)6-11/h3-6,10,16H,7-9,15H2,1-2H3. The van der Waals surface area contributed by atoms with Crippen LogP contribution in [-0.2, 0) is 10.2 Å². The van der Waals surface area contributed by atoms with Crippen molar-refractivity contribution in [1.82, 2.24) is 0 Å². The first-order chi connectivity index (χ1) is 8.07. The Hall–Kier alpha value is -0.970. The van der Waals surface area contributed by atoms with Crippen molar-refractivity contribution in [1.29, 1.82) is 0 Å². The van der Waals surface area contributed by atoms with Gasteiger partial charge in [0, 0.05) is 19.1 Å². The molecule has 0 saturated carbocycles. The van der Waals surface area contributed by atoms with Gasteiger partial charge in [0.25, 0.3) is 0 Å². The zero-order chi connectivity index (χ0) is 12.9. The van der Waals surface area contributed by atoms with E-state index in [-0.39, 0.29) is 25.1 Å². The van der Waals surface area contributed by atoms with Crippen molar-refractivity contribution in [3.63, 3.8) is 0 Å². The van der Waals surface area contributed by atoms with E-state index in [4.69, 9.17) is 10.5 Å². The number of hydrogen-bond donors (Lipinski definition) is 2. The third-order valence-corrected chi connectivity index (χ3v) is 3.21. The van der Waals surface area contributed by atoms with Gasteiger partial charge in [0.2, 0.25) is 0 Å². The summed E-state index contributed by atoms with van der Waals surface area (Å²) >= 11 is 0. The Morgan fingerprint density at radius 1 is 1.53 bits per heavy atom. The summed E-state index contributed by atoms with van der Waals surface area (Å²) in [6, 6.07) is 6.21. The minimum absolute atomic E-state index is 0.0473. The van der Waals surface area contributed by atoms with Gasteiger partial charge in [0.15, 0.2) is 0 Å². The molecule has 1 aromatic rings. The first kappa shape index (κ1) is 14.1. The molecule has 0 aliphatic heterocycles. The van der Waals surface area contributed by atoms with E-state index in [2.05, 4.69) is 0 Å². The summed E-state index contributed by atoms with van der Waals surface area (Å²) in [5.74, 6) is -0.321. The largest absolute Gasteiger partial charge is 0.395 e. The average Bonchev–Trinajstić information content (AvgIpc) is 2.35. The lowest BCUT2D eigenvalue weighted by molar-refractivity contribution is 0.0688. The Kier molecular flexibility index (Phi) is 5.05. The maximum absolute atomic E-state index is 13.2. The SMILES string of the molecule is COC(C)CC(CN)(CO)c1cccc(F)c1. The molecule has 1 rings (SSSR count). The molecule has 3 N–H and O–H groups in total. The number of ether oxygens (including phenoxy) is 1. The van der Waals surface area contributed by atoms with E-state index < -0.39 is 5.41 Å². The zero-order valence-corrected chi connectivity index (χ0v) is 10.3. The van der Waals surface area contributed by atoms with Crippen LogP contribution in [0.2, 0.25) is 0 Å². The van der Waals surface area contributed by atoms with Crippen molar-refractivity contribution in [3.8, 4) is 0 Å². The molecule has 0 heterocycles. The van der Waals surface area contributed by atoms with Crippen LogP contribution in [0.15, 0.2) is 24.3 Å². The monoisotopic (exact) mass is 241 g/mol. The Labute approximate surface area is 101 Å². The third kappa shape index (κ3) is 3.25. The molecule has 1 aromatic carbocycles. The Morgan fingerprint density at radius 2 is 2.24 bits per heavy atom. The summed E-state index contributed by atoms with van der Waals surface area (Å²) in [6.07, 6.45) is 0.508. The van der Waals surface area contributed by atoms with Crippen molar-refractivity contribution >= 4 is 0 Å². The van der Waals surface area contributed by atoms with Crippen molar-refractivity contribution in [2.45, 2.75) is 24.9 Å². The van der Waals surface area contributed by atoms with Gasteiger partial charge in [-0.2, -0.15) is 0 Å². The predicted octanol–water partition coefficient (Wildman–Crippen LogP) is 1.44. The molecule has 3 nitrogen and oxygen atoms in total. The second kappa shape index (κ2) is 6.10. The summed E-state index contributed by atoms with van der Waals surface area (Å²) in [4.78, 5) is 0. The zero-order valence-electron chi connectivity index (χ0n) is 10.3. The number of aliphatic hydroxyl groups excluding tert-OH is 1. The first-order valence-electron chi connectivity index (χ1n) is 5.68. The fourth-order valence-electron chi connectivity index (χ4n) is 1.99. The van der Waals surface area contributed by atoms with E-state index >= 15 is 0 Å². The second-order valence-corrected chi connectivity index (χ2v) is 4.40. The van der Waals surface area contributed by atoms with E-state index in [1.54, 1.807) is 19.2 Å². The van der Waals surface area contributed by atoms with Crippen molar-refractivity contribution < 1.29 is 14.2 Å². The molecule has 0 amide bonds. The highest BCUT2D eigenvalue weighted by atomic mass is 19.1. The first-order valence-corrected chi connectivity index (χ1v) is 5.68. The summed E-state index contributed by atoms with van der Waals surface area (Å²) in [7, 11) is 1.61. The normalized spacial score (nSPS) is 16.5. The number of nitrogens with two attached hydrogens (primary N) is 1. The van der Waals surface area contributed by atoms with Gasteiger partial charge < -0.3 is 15.6 Å². The number of methoxy groups -OCH3 is 1. The highest BCUT2D eigenvalue weighted by Gasteiger charge is 2.32. The van der Waals surface area contributed by atoms with E-state index in [0.717, 1.165) is 0 Å². The maximum atomic E-state index is 13.2. The molecular weight excluding hydrogens is 221 g/mol. The lowest BCUT2D eigenvalue weighted by Gasteiger charge is -2.33. The summed E-state index contributed by atoms with van der Waals surface area (Å²) in [5, 5.41) is 9.61. The van der Waals surface area contributed by atoms with Crippen molar-refractivity contribution in [3.05, 3.63) is 35.6 Å². The van der Waals surface area contributed by atoms with Crippen LogP contribution in [0.5, 0.6) is 0 Å². The molecule has 17 heavy (non-hydrogen) atoms. The van der Waals surface area contributed by atoms with E-state index in [9.17, 15) is 9.50 Å². The Morgan fingerprint density at radius 3 is 2.71 bits per heavy atom. The molecule has 0 aliphatic carbocycles. The molecule has 96 valence electrons. The number of hydrogen-bond acceptors (Lipinski definition) is 3. The molecule has 4 heteroatoms. The fourth-order valence-corrected chi connectivity index (χ4v) is 1.99. The van der Waals surface area contributed by atoms with Crippen LogP contribution in [0.3, 0.4) is 0 Å². The number of aliphatic hydroxyl groups is 1. The minimum atomic E-state index is -0.641. The van der Waals surface area contributed by atoms with Crippen LogP contribution in [-0.4, -0.2) is 31.5 Å². The Balaban J connectivity index is 3.06. The minimum Gasteiger partial charge on any atom is -0.395 e. The van der Waals surface area contributed by atoms with Gasteiger partial charge >= 0.3 is 0 Å². The summed E-state index contributed by atoms with van der Waals surface area (Å²) in [6.45, 7) is 2.03. The van der Waals surface area contributed by atoms with Crippen LogP contribution in [0.4, 0.5) is 4.39 Å². The fraction of sp³-hybridized carbons (Fsp3) is 0.538. The quantitative estimate of drug-likeness (QED) is 0.792. The summed E-state index contributed by atoms with van der Waals surface area (Å²) in [5.41, 5.74) is 5.84. The van der Waals surface area contributed by atoms with Crippen LogP contribution in [0.25, 0.3) is 0 Å². The molecule has 0 aromatic heterocycles. The smallest absolute Gasteiger partial charge is 0.123 e. The Bertz CT molecular complexity index is 353. The number of halogens is 1. The van der Waals surface area contributed by atoms with Gasteiger partial charge in [-0.3, -0.25) is 0 Å². The highest BCUT2D eigenvalue weighted by molar-refractivity contribution is 5.27. The molecule has 2 atom stereocenters. The van der Waals surface area contributed by atoms with Crippen LogP contribution in [0, 0.1) is 5.82 Å². The topological polar surface area (TPSA) is 55.5 Å². The molecule has 0 radical (unpaired) electrons.